The first-order valence-electron chi connectivity index (χ1n) is 6.57. The van der Waals surface area contributed by atoms with E-state index in [1.165, 1.54) is 17.8 Å². The number of thioether (sulfide) groups is 1. The minimum Gasteiger partial charge on any atom is -0.469 e. The molecule has 0 fully saturated rings. The van der Waals surface area contributed by atoms with Crippen LogP contribution in [0.1, 0.15) is 11.3 Å². The summed E-state index contributed by atoms with van der Waals surface area (Å²) in [5, 5.41) is 8.86. The van der Waals surface area contributed by atoms with Crippen LogP contribution in [0.15, 0.2) is 40.1 Å². The van der Waals surface area contributed by atoms with E-state index in [-0.39, 0.29) is 5.75 Å². The largest absolute Gasteiger partial charge is 0.469 e. The normalized spacial score (nSPS) is 11.1. The Morgan fingerprint density at radius 1 is 1.23 bits per heavy atom. The minimum atomic E-state index is -0.842. The minimum absolute atomic E-state index is 0.278. The van der Waals surface area contributed by atoms with Crippen LogP contribution >= 0.6 is 11.8 Å². The molecule has 0 saturated carbocycles. The maximum atomic E-state index is 13.6. The van der Waals surface area contributed by atoms with Crippen molar-refractivity contribution < 1.29 is 13.2 Å². The van der Waals surface area contributed by atoms with Crippen LogP contribution in [-0.2, 0) is 12.8 Å². The summed E-state index contributed by atoms with van der Waals surface area (Å²) in [5.74, 6) is 0.0467. The molecule has 0 radical (unpaired) electrons. The van der Waals surface area contributed by atoms with Crippen LogP contribution in [0.4, 0.5) is 8.78 Å². The number of nitrogens with zero attached hydrogens (tertiary/aromatic N) is 3. The van der Waals surface area contributed by atoms with Crippen LogP contribution in [0.25, 0.3) is 11.4 Å². The topological polar surface area (TPSA) is 43.9 Å². The molecule has 7 heteroatoms. The maximum absolute atomic E-state index is 13.6. The number of hydrogen-bond donors (Lipinski definition) is 0. The van der Waals surface area contributed by atoms with E-state index >= 15 is 0 Å². The predicted molar refractivity (Wildman–Crippen MR) is 79.4 cm³/mol. The third-order valence-corrected chi connectivity index (χ3v) is 4.39. The average Bonchev–Trinajstić information content (AvgIpc) is 3.07. The Hall–Kier alpha value is -2.15. The van der Waals surface area contributed by atoms with Crippen molar-refractivity contribution in [2.24, 2.45) is 7.05 Å². The Kier molecular flexibility index (Phi) is 3.98. The molecular weight excluding hydrogens is 308 g/mol. The van der Waals surface area contributed by atoms with Crippen molar-refractivity contribution in [3.05, 3.63) is 53.5 Å². The van der Waals surface area contributed by atoms with E-state index in [4.69, 9.17) is 4.42 Å². The lowest BCUT2D eigenvalue weighted by Gasteiger charge is -2.04. The first kappa shape index (κ1) is 14.8. The van der Waals surface area contributed by atoms with Crippen molar-refractivity contribution in [3.63, 3.8) is 0 Å². The van der Waals surface area contributed by atoms with Crippen LogP contribution in [0, 0.1) is 18.6 Å². The van der Waals surface area contributed by atoms with Gasteiger partial charge in [0.25, 0.3) is 0 Å². The highest BCUT2D eigenvalue weighted by Gasteiger charge is 2.16. The van der Waals surface area contributed by atoms with Gasteiger partial charge in [0, 0.05) is 18.4 Å². The fraction of sp³-hybridized carbons (Fsp3) is 0.200. The Morgan fingerprint density at radius 2 is 2.05 bits per heavy atom. The number of hydrogen-bond acceptors (Lipinski definition) is 4. The van der Waals surface area contributed by atoms with Crippen molar-refractivity contribution >= 4 is 11.8 Å². The summed E-state index contributed by atoms with van der Waals surface area (Å²) in [6.45, 7) is 1.85. The van der Waals surface area contributed by atoms with Crippen LogP contribution in [0.3, 0.4) is 0 Å². The molecule has 0 N–H and O–H groups in total. The molecule has 0 amide bonds. The lowest BCUT2D eigenvalue weighted by Crippen LogP contribution is -1.96. The molecule has 2 aromatic heterocycles. The molecule has 2 heterocycles. The number of halogens is 2. The van der Waals surface area contributed by atoms with Crippen molar-refractivity contribution in [3.8, 4) is 11.4 Å². The van der Waals surface area contributed by atoms with Gasteiger partial charge in [-0.05, 0) is 19.1 Å². The number of aromatic nitrogens is 3. The van der Waals surface area contributed by atoms with Gasteiger partial charge in [-0.15, -0.1) is 10.2 Å². The highest BCUT2D eigenvalue weighted by Crippen LogP contribution is 2.28. The lowest BCUT2D eigenvalue weighted by atomic mass is 10.2. The molecule has 0 unspecified atom stereocenters. The molecule has 0 aliphatic heterocycles. The van der Waals surface area contributed by atoms with E-state index in [1.807, 2.05) is 20.0 Å². The molecule has 4 nitrogen and oxygen atoms in total. The summed E-state index contributed by atoms with van der Waals surface area (Å²) >= 11 is 1.30. The second-order valence-electron chi connectivity index (χ2n) is 4.76. The fourth-order valence-corrected chi connectivity index (χ4v) is 2.98. The molecule has 3 aromatic rings. The zero-order chi connectivity index (χ0) is 15.7. The summed E-state index contributed by atoms with van der Waals surface area (Å²) < 4.78 is 33.9. The fourth-order valence-electron chi connectivity index (χ4n) is 2.09. The van der Waals surface area contributed by atoms with Gasteiger partial charge in [-0.2, -0.15) is 0 Å². The SMILES string of the molecule is Cc1occc1-c1nnc(SCc2cccc(F)c2F)n1C. The lowest BCUT2D eigenvalue weighted by molar-refractivity contribution is 0.502. The molecule has 0 atom stereocenters. The number of furan rings is 1. The standard InChI is InChI=1S/C15H13F2N3OS/c1-9-11(6-7-21-9)14-18-19-15(20(14)2)22-8-10-4-3-5-12(16)13(10)17/h3-7H,8H2,1-2H3. The molecule has 3 rings (SSSR count). The van der Waals surface area contributed by atoms with Gasteiger partial charge in [-0.25, -0.2) is 8.78 Å². The maximum Gasteiger partial charge on any atom is 0.191 e. The van der Waals surface area contributed by atoms with Crippen LogP contribution in [0.2, 0.25) is 0 Å². The van der Waals surface area contributed by atoms with Gasteiger partial charge in [-0.1, -0.05) is 23.9 Å². The Bertz CT molecular complexity index is 813. The molecule has 0 bridgehead atoms. The second kappa shape index (κ2) is 5.92. The Balaban J connectivity index is 1.81. The van der Waals surface area contributed by atoms with Crippen molar-refractivity contribution in [2.75, 3.05) is 0 Å². The van der Waals surface area contributed by atoms with Crippen molar-refractivity contribution in [1.82, 2.24) is 14.8 Å². The van der Waals surface area contributed by atoms with Crippen molar-refractivity contribution in [1.29, 1.82) is 0 Å². The van der Waals surface area contributed by atoms with Crippen LogP contribution in [0.5, 0.6) is 0 Å². The van der Waals surface area contributed by atoms with E-state index in [0.717, 1.165) is 17.4 Å². The third kappa shape index (κ3) is 2.64. The summed E-state index contributed by atoms with van der Waals surface area (Å²) in [6, 6.07) is 5.97. The van der Waals surface area contributed by atoms with Gasteiger partial charge >= 0.3 is 0 Å². The summed E-state index contributed by atoms with van der Waals surface area (Å²) in [7, 11) is 1.83. The van der Waals surface area contributed by atoms with Gasteiger partial charge in [-0.3, -0.25) is 0 Å². The zero-order valence-electron chi connectivity index (χ0n) is 12.0. The summed E-state index contributed by atoms with van der Waals surface area (Å²) in [6.07, 6.45) is 1.59. The molecule has 22 heavy (non-hydrogen) atoms. The van der Waals surface area contributed by atoms with Crippen LogP contribution in [-0.4, -0.2) is 14.8 Å². The number of rotatable bonds is 4. The summed E-state index contributed by atoms with van der Waals surface area (Å²) in [4.78, 5) is 0. The van der Waals surface area contributed by atoms with Gasteiger partial charge in [0.2, 0.25) is 0 Å². The second-order valence-corrected chi connectivity index (χ2v) is 5.70. The molecule has 0 aliphatic carbocycles. The highest BCUT2D eigenvalue weighted by molar-refractivity contribution is 7.98. The first-order valence-corrected chi connectivity index (χ1v) is 7.56. The van der Waals surface area contributed by atoms with E-state index in [0.29, 0.717) is 16.5 Å². The van der Waals surface area contributed by atoms with Gasteiger partial charge < -0.3 is 8.98 Å². The van der Waals surface area contributed by atoms with Gasteiger partial charge in [0.05, 0.1) is 11.8 Å². The van der Waals surface area contributed by atoms with E-state index in [9.17, 15) is 8.78 Å². The van der Waals surface area contributed by atoms with E-state index in [2.05, 4.69) is 10.2 Å². The molecule has 1 aromatic carbocycles. The van der Waals surface area contributed by atoms with Gasteiger partial charge in [0.15, 0.2) is 22.6 Å². The third-order valence-electron chi connectivity index (χ3n) is 3.32. The Labute approximate surface area is 130 Å². The molecule has 0 aliphatic rings. The smallest absolute Gasteiger partial charge is 0.191 e. The zero-order valence-corrected chi connectivity index (χ0v) is 12.8. The number of benzene rings is 1. The Morgan fingerprint density at radius 3 is 2.77 bits per heavy atom. The molecular formula is C15H13F2N3OS. The quantitative estimate of drug-likeness (QED) is 0.682. The van der Waals surface area contributed by atoms with Crippen LogP contribution < -0.4 is 0 Å². The van der Waals surface area contributed by atoms with Crippen molar-refractivity contribution in [2.45, 2.75) is 17.8 Å². The summed E-state index contributed by atoms with van der Waals surface area (Å²) in [5.41, 5.74) is 1.16. The average molecular weight is 321 g/mol. The van der Waals surface area contributed by atoms with Gasteiger partial charge in [0.1, 0.15) is 5.76 Å². The van der Waals surface area contributed by atoms with E-state index < -0.39 is 11.6 Å². The van der Waals surface area contributed by atoms with E-state index in [1.54, 1.807) is 16.9 Å². The first-order chi connectivity index (χ1) is 10.6. The molecule has 0 saturated heterocycles. The predicted octanol–water partition coefficient (Wildman–Crippen LogP) is 3.95. The highest BCUT2D eigenvalue weighted by atomic mass is 32.2. The number of aryl methyl sites for hydroxylation is 1. The molecule has 114 valence electrons. The molecule has 0 spiro atoms. The monoisotopic (exact) mass is 321 g/mol.